The number of halogens is 1. The van der Waals surface area contributed by atoms with Crippen molar-refractivity contribution in [3.63, 3.8) is 0 Å². The summed E-state index contributed by atoms with van der Waals surface area (Å²) in [6.07, 6.45) is 0. The number of esters is 1. The van der Waals surface area contributed by atoms with Gasteiger partial charge in [-0.2, -0.15) is 0 Å². The molecule has 0 aliphatic heterocycles. The van der Waals surface area contributed by atoms with Gasteiger partial charge in [0.2, 0.25) is 0 Å². The molecular formula is C9H13BrN2O2S. The van der Waals surface area contributed by atoms with E-state index in [1.54, 1.807) is 16.8 Å². The van der Waals surface area contributed by atoms with Gasteiger partial charge in [0.1, 0.15) is 4.83 Å². The van der Waals surface area contributed by atoms with Crippen LogP contribution in [-0.4, -0.2) is 41.4 Å². The number of carbonyl (C=O) groups is 1. The molecule has 0 fully saturated rings. The maximum atomic E-state index is 11.1. The van der Waals surface area contributed by atoms with Gasteiger partial charge in [0, 0.05) is 18.5 Å². The number of alkyl halides is 1. The Bertz CT molecular complexity index is 305. The fourth-order valence-electron chi connectivity index (χ4n) is 1.13. The summed E-state index contributed by atoms with van der Waals surface area (Å²) < 4.78 is 4.62. The Balaban J connectivity index is 2.35. The number of nitrogens with zero attached hydrogens (tertiary/aromatic N) is 2. The minimum Gasteiger partial charge on any atom is -0.468 e. The van der Waals surface area contributed by atoms with Gasteiger partial charge in [-0.25, -0.2) is 4.98 Å². The number of ether oxygens (including phenoxy) is 1. The minimum atomic E-state index is -0.286. The van der Waals surface area contributed by atoms with Gasteiger partial charge >= 0.3 is 5.97 Å². The monoisotopic (exact) mass is 292 g/mol. The van der Waals surface area contributed by atoms with Crippen molar-refractivity contribution in [2.45, 2.75) is 11.4 Å². The van der Waals surface area contributed by atoms with Gasteiger partial charge in [-0.3, -0.25) is 9.69 Å². The first-order valence-electron chi connectivity index (χ1n) is 4.41. The van der Waals surface area contributed by atoms with Gasteiger partial charge in [0.05, 0.1) is 18.3 Å². The van der Waals surface area contributed by atoms with Crippen molar-refractivity contribution in [1.82, 2.24) is 9.88 Å². The third-order valence-electron chi connectivity index (χ3n) is 1.84. The van der Waals surface area contributed by atoms with E-state index in [0.29, 0.717) is 6.54 Å². The fraction of sp³-hybridized carbons (Fsp3) is 0.556. The first-order chi connectivity index (χ1) is 7.13. The average molecular weight is 293 g/mol. The maximum Gasteiger partial charge on any atom is 0.320 e. The zero-order valence-electron chi connectivity index (χ0n) is 8.64. The second kappa shape index (κ2) is 6.19. The molecule has 4 nitrogen and oxygen atoms in total. The summed E-state index contributed by atoms with van der Waals surface area (Å²) in [6, 6.07) is 0. The van der Waals surface area contributed by atoms with Crippen LogP contribution in [0.4, 0.5) is 0 Å². The third-order valence-corrected chi connectivity index (χ3v) is 3.14. The molecule has 0 aliphatic carbocycles. The lowest BCUT2D eigenvalue weighted by Gasteiger charge is -2.17. The predicted octanol–water partition coefficient (Wildman–Crippen LogP) is 1.51. The summed E-state index contributed by atoms with van der Waals surface area (Å²) >= 11 is 4.84. The SMILES string of the molecule is COC(=O)C(Br)CN(C)Cc1cscn1. The Morgan fingerprint density at radius 2 is 2.53 bits per heavy atom. The summed E-state index contributed by atoms with van der Waals surface area (Å²) in [7, 11) is 3.33. The molecule has 6 heteroatoms. The highest BCUT2D eigenvalue weighted by Crippen LogP contribution is 2.08. The van der Waals surface area contributed by atoms with Gasteiger partial charge in [-0.05, 0) is 7.05 Å². The molecule has 0 spiro atoms. The Kier molecular flexibility index (Phi) is 5.21. The zero-order valence-corrected chi connectivity index (χ0v) is 11.0. The molecule has 0 saturated carbocycles. The standard InChI is InChI=1S/C9H13BrN2O2S/c1-12(3-7-5-15-6-11-7)4-8(10)9(13)14-2/h5-6,8H,3-4H2,1-2H3. The van der Waals surface area contributed by atoms with Gasteiger partial charge in [0.15, 0.2) is 0 Å². The number of methoxy groups -OCH3 is 1. The van der Waals surface area contributed by atoms with Gasteiger partial charge in [-0.1, -0.05) is 15.9 Å². The van der Waals surface area contributed by atoms with Crippen LogP contribution in [0, 0.1) is 0 Å². The highest BCUT2D eigenvalue weighted by atomic mass is 79.9. The van der Waals surface area contributed by atoms with Crippen LogP contribution in [0.25, 0.3) is 0 Å². The summed E-state index contributed by atoms with van der Waals surface area (Å²) in [4.78, 5) is 17.0. The normalized spacial score (nSPS) is 12.8. The molecule has 1 aromatic rings. The van der Waals surface area contributed by atoms with Gasteiger partial charge in [-0.15, -0.1) is 11.3 Å². The van der Waals surface area contributed by atoms with E-state index in [4.69, 9.17) is 0 Å². The van der Waals surface area contributed by atoms with E-state index in [9.17, 15) is 4.79 Å². The van der Waals surface area contributed by atoms with Gasteiger partial charge in [0.25, 0.3) is 0 Å². The smallest absolute Gasteiger partial charge is 0.320 e. The number of thiazole rings is 1. The molecule has 1 unspecified atom stereocenters. The van der Waals surface area contributed by atoms with Crippen molar-refractivity contribution in [2.24, 2.45) is 0 Å². The van der Waals surface area contributed by atoms with E-state index in [2.05, 4.69) is 25.7 Å². The third kappa shape index (κ3) is 4.27. The van der Waals surface area contributed by atoms with Crippen LogP contribution in [-0.2, 0) is 16.1 Å². The van der Waals surface area contributed by atoms with Crippen molar-refractivity contribution >= 4 is 33.2 Å². The second-order valence-electron chi connectivity index (χ2n) is 3.17. The van der Waals surface area contributed by atoms with Crippen LogP contribution in [0.1, 0.15) is 5.69 Å². The van der Waals surface area contributed by atoms with Crippen molar-refractivity contribution in [3.8, 4) is 0 Å². The molecule has 1 aromatic heterocycles. The molecule has 0 aromatic carbocycles. The summed E-state index contributed by atoms with van der Waals surface area (Å²) in [5.74, 6) is -0.250. The Labute approximate surface area is 101 Å². The van der Waals surface area contributed by atoms with Crippen molar-refractivity contribution in [2.75, 3.05) is 20.7 Å². The number of rotatable bonds is 5. The predicted molar refractivity (Wildman–Crippen MR) is 63.2 cm³/mol. The number of hydrogen-bond donors (Lipinski definition) is 0. The Hall–Kier alpha value is -0.460. The molecule has 0 radical (unpaired) electrons. The van der Waals surface area contributed by atoms with Crippen molar-refractivity contribution in [1.29, 1.82) is 0 Å². The van der Waals surface area contributed by atoms with E-state index in [-0.39, 0.29) is 10.8 Å². The molecule has 1 atom stereocenters. The zero-order chi connectivity index (χ0) is 11.3. The summed E-state index contributed by atoms with van der Waals surface area (Å²) in [5.41, 5.74) is 2.82. The lowest BCUT2D eigenvalue weighted by atomic mass is 10.3. The second-order valence-corrected chi connectivity index (χ2v) is 4.99. The molecule has 1 heterocycles. The molecule has 0 bridgehead atoms. The molecule has 15 heavy (non-hydrogen) atoms. The molecule has 0 amide bonds. The molecule has 0 saturated heterocycles. The van der Waals surface area contributed by atoms with E-state index in [1.807, 2.05) is 17.3 Å². The first-order valence-corrected chi connectivity index (χ1v) is 6.27. The number of carbonyl (C=O) groups excluding carboxylic acids is 1. The van der Waals surface area contributed by atoms with Crippen LogP contribution in [0.15, 0.2) is 10.9 Å². The summed E-state index contributed by atoms with van der Waals surface area (Å²) in [5, 5.41) is 2.00. The minimum absolute atomic E-state index is 0.250. The van der Waals surface area contributed by atoms with Crippen LogP contribution < -0.4 is 0 Å². The topological polar surface area (TPSA) is 42.4 Å². The highest BCUT2D eigenvalue weighted by Gasteiger charge is 2.17. The van der Waals surface area contributed by atoms with E-state index >= 15 is 0 Å². The van der Waals surface area contributed by atoms with Crippen molar-refractivity contribution < 1.29 is 9.53 Å². The fourth-order valence-corrected chi connectivity index (χ4v) is 2.36. The quantitative estimate of drug-likeness (QED) is 0.609. The molecule has 1 rings (SSSR count). The van der Waals surface area contributed by atoms with E-state index < -0.39 is 0 Å². The molecular weight excluding hydrogens is 280 g/mol. The maximum absolute atomic E-state index is 11.1. The average Bonchev–Trinajstić information content (AvgIpc) is 2.68. The Morgan fingerprint density at radius 1 is 1.80 bits per heavy atom. The van der Waals surface area contributed by atoms with Crippen molar-refractivity contribution in [3.05, 3.63) is 16.6 Å². The first kappa shape index (κ1) is 12.6. The number of aromatic nitrogens is 1. The Morgan fingerprint density at radius 3 is 3.07 bits per heavy atom. The van der Waals surface area contributed by atoms with E-state index in [0.717, 1.165) is 12.2 Å². The largest absolute Gasteiger partial charge is 0.468 e. The molecule has 84 valence electrons. The van der Waals surface area contributed by atoms with Crippen LogP contribution in [0.5, 0.6) is 0 Å². The molecule has 0 aliphatic rings. The van der Waals surface area contributed by atoms with Crippen LogP contribution in [0.2, 0.25) is 0 Å². The van der Waals surface area contributed by atoms with Crippen LogP contribution >= 0.6 is 27.3 Å². The highest BCUT2D eigenvalue weighted by molar-refractivity contribution is 9.10. The van der Waals surface area contributed by atoms with Crippen LogP contribution in [0.3, 0.4) is 0 Å². The summed E-state index contributed by atoms with van der Waals surface area (Å²) in [6.45, 7) is 1.34. The van der Waals surface area contributed by atoms with Gasteiger partial charge < -0.3 is 4.74 Å². The lowest BCUT2D eigenvalue weighted by Crippen LogP contribution is -2.31. The lowest BCUT2D eigenvalue weighted by molar-refractivity contribution is -0.140. The number of hydrogen-bond acceptors (Lipinski definition) is 5. The van der Waals surface area contributed by atoms with E-state index in [1.165, 1.54) is 7.11 Å². The molecule has 0 N–H and O–H groups in total.